The lowest BCUT2D eigenvalue weighted by molar-refractivity contribution is 0.215. The molecule has 2 rings (SSSR count). The molecule has 0 fully saturated rings. The molecule has 1 atom stereocenters. The maximum atomic E-state index is 5.95. The van der Waals surface area contributed by atoms with Crippen molar-refractivity contribution in [2.24, 2.45) is 5.73 Å². The molecular weight excluding hydrogens is 250 g/mol. The lowest BCUT2D eigenvalue weighted by atomic mass is 10.1. The number of para-hydroxylation sites is 1. The number of hydrogen-bond acceptors (Lipinski definition) is 3. The van der Waals surface area contributed by atoms with Gasteiger partial charge >= 0.3 is 0 Å². The summed E-state index contributed by atoms with van der Waals surface area (Å²) in [5.41, 5.74) is 8.13. The second-order valence-corrected chi connectivity index (χ2v) is 4.84. The van der Waals surface area contributed by atoms with Crippen LogP contribution in [0.5, 0.6) is 11.5 Å². The van der Waals surface area contributed by atoms with Gasteiger partial charge in [-0.2, -0.15) is 0 Å². The van der Waals surface area contributed by atoms with Gasteiger partial charge in [0.15, 0.2) is 0 Å². The fourth-order valence-corrected chi connectivity index (χ4v) is 1.97. The smallest absolute Gasteiger partial charge is 0.124 e. The van der Waals surface area contributed by atoms with Crippen LogP contribution in [0.3, 0.4) is 0 Å². The van der Waals surface area contributed by atoms with Gasteiger partial charge in [-0.05, 0) is 37.6 Å². The number of ether oxygens (including phenoxy) is 2. The molecule has 0 saturated heterocycles. The van der Waals surface area contributed by atoms with Crippen LogP contribution in [0.1, 0.15) is 24.1 Å². The van der Waals surface area contributed by atoms with Crippen LogP contribution in [-0.4, -0.2) is 13.2 Å². The van der Waals surface area contributed by atoms with Crippen LogP contribution in [0, 0.1) is 6.92 Å². The van der Waals surface area contributed by atoms with E-state index in [2.05, 4.69) is 0 Å². The summed E-state index contributed by atoms with van der Waals surface area (Å²) in [6.07, 6.45) is 0. The second kappa shape index (κ2) is 6.96. The molecule has 0 aliphatic rings. The highest BCUT2D eigenvalue weighted by Gasteiger charge is 2.08. The third-order valence-electron chi connectivity index (χ3n) is 3.01. The number of aryl methyl sites for hydroxylation is 1. The molecule has 0 heterocycles. The molecule has 0 bridgehead atoms. The van der Waals surface area contributed by atoms with Gasteiger partial charge in [-0.25, -0.2) is 0 Å². The first-order chi connectivity index (χ1) is 9.66. The van der Waals surface area contributed by atoms with E-state index in [1.807, 2.05) is 62.4 Å². The summed E-state index contributed by atoms with van der Waals surface area (Å²) in [5, 5.41) is 0. The lowest BCUT2D eigenvalue weighted by Crippen LogP contribution is -2.12. The van der Waals surface area contributed by atoms with Crippen molar-refractivity contribution in [3.8, 4) is 11.5 Å². The number of benzene rings is 2. The summed E-state index contributed by atoms with van der Waals surface area (Å²) in [4.78, 5) is 0. The van der Waals surface area contributed by atoms with Gasteiger partial charge in [-0.3, -0.25) is 0 Å². The highest BCUT2D eigenvalue weighted by atomic mass is 16.5. The summed E-state index contributed by atoms with van der Waals surface area (Å²) < 4.78 is 11.4. The van der Waals surface area contributed by atoms with E-state index in [0.717, 1.165) is 22.6 Å². The van der Waals surface area contributed by atoms with E-state index < -0.39 is 0 Å². The molecule has 2 N–H and O–H groups in total. The van der Waals surface area contributed by atoms with Gasteiger partial charge < -0.3 is 15.2 Å². The van der Waals surface area contributed by atoms with E-state index in [1.54, 1.807) is 0 Å². The zero-order chi connectivity index (χ0) is 14.4. The largest absolute Gasteiger partial charge is 0.490 e. The topological polar surface area (TPSA) is 44.5 Å². The van der Waals surface area contributed by atoms with E-state index in [4.69, 9.17) is 15.2 Å². The quantitative estimate of drug-likeness (QED) is 0.818. The van der Waals surface area contributed by atoms with Crippen LogP contribution >= 0.6 is 0 Å². The third-order valence-corrected chi connectivity index (χ3v) is 3.01. The van der Waals surface area contributed by atoms with Crippen molar-refractivity contribution in [3.63, 3.8) is 0 Å². The number of rotatable bonds is 6. The predicted molar refractivity (Wildman–Crippen MR) is 81.2 cm³/mol. The van der Waals surface area contributed by atoms with Crippen molar-refractivity contribution in [2.75, 3.05) is 13.2 Å². The average molecular weight is 271 g/mol. The van der Waals surface area contributed by atoms with Crippen LogP contribution in [0.2, 0.25) is 0 Å². The Balaban J connectivity index is 1.89. The molecular formula is C17H21NO2. The van der Waals surface area contributed by atoms with Crippen molar-refractivity contribution < 1.29 is 9.47 Å². The Labute approximate surface area is 120 Å². The third kappa shape index (κ3) is 4.00. The van der Waals surface area contributed by atoms with Crippen LogP contribution in [0.4, 0.5) is 0 Å². The summed E-state index contributed by atoms with van der Waals surface area (Å²) in [6.45, 7) is 5.00. The van der Waals surface area contributed by atoms with Crippen molar-refractivity contribution in [3.05, 3.63) is 59.7 Å². The molecule has 0 spiro atoms. The molecule has 0 aliphatic carbocycles. The summed E-state index contributed by atoms with van der Waals surface area (Å²) >= 11 is 0. The van der Waals surface area contributed by atoms with Crippen LogP contribution in [0.15, 0.2) is 48.5 Å². The summed E-state index contributed by atoms with van der Waals surface area (Å²) in [5.74, 6) is 1.70. The van der Waals surface area contributed by atoms with Gasteiger partial charge in [-0.15, -0.1) is 0 Å². The Morgan fingerprint density at radius 2 is 1.70 bits per heavy atom. The molecule has 0 aromatic heterocycles. The summed E-state index contributed by atoms with van der Waals surface area (Å²) in [6, 6.07) is 15.8. The van der Waals surface area contributed by atoms with Gasteiger partial charge in [0.2, 0.25) is 0 Å². The first-order valence-electron chi connectivity index (χ1n) is 6.83. The van der Waals surface area contributed by atoms with E-state index in [0.29, 0.717) is 13.2 Å². The standard InChI is InChI=1S/C17H21NO2/c1-13-8-9-16(14(2)18)17(12-13)20-11-10-19-15-6-4-3-5-7-15/h3-9,12,14H,10-11,18H2,1-2H3/t14-/m1/s1. The molecule has 0 amide bonds. The highest BCUT2D eigenvalue weighted by molar-refractivity contribution is 5.38. The maximum absolute atomic E-state index is 5.95. The molecule has 0 unspecified atom stereocenters. The summed E-state index contributed by atoms with van der Waals surface area (Å²) in [7, 11) is 0. The Kier molecular flexibility index (Phi) is 5.02. The minimum Gasteiger partial charge on any atom is -0.490 e. The molecule has 20 heavy (non-hydrogen) atoms. The molecule has 0 aliphatic heterocycles. The van der Waals surface area contributed by atoms with E-state index in [1.165, 1.54) is 0 Å². The van der Waals surface area contributed by atoms with Crippen molar-refractivity contribution in [1.29, 1.82) is 0 Å². The van der Waals surface area contributed by atoms with Crippen molar-refractivity contribution >= 4 is 0 Å². The zero-order valence-corrected chi connectivity index (χ0v) is 12.0. The van der Waals surface area contributed by atoms with Crippen LogP contribution < -0.4 is 15.2 Å². The van der Waals surface area contributed by atoms with E-state index in [-0.39, 0.29) is 6.04 Å². The molecule has 0 radical (unpaired) electrons. The minimum absolute atomic E-state index is 0.0411. The van der Waals surface area contributed by atoms with Gasteiger partial charge in [-0.1, -0.05) is 30.3 Å². The number of nitrogens with two attached hydrogens (primary N) is 1. The normalized spacial score (nSPS) is 11.9. The molecule has 106 valence electrons. The van der Waals surface area contributed by atoms with Crippen LogP contribution in [0.25, 0.3) is 0 Å². The molecule has 2 aromatic carbocycles. The molecule has 2 aromatic rings. The Morgan fingerprint density at radius 1 is 1.00 bits per heavy atom. The SMILES string of the molecule is Cc1ccc([C@@H](C)N)c(OCCOc2ccccc2)c1. The van der Waals surface area contributed by atoms with Crippen LogP contribution in [-0.2, 0) is 0 Å². The highest BCUT2D eigenvalue weighted by Crippen LogP contribution is 2.25. The van der Waals surface area contributed by atoms with Gasteiger partial charge in [0, 0.05) is 11.6 Å². The van der Waals surface area contributed by atoms with Gasteiger partial charge in [0.25, 0.3) is 0 Å². The van der Waals surface area contributed by atoms with E-state index >= 15 is 0 Å². The Hall–Kier alpha value is -2.00. The van der Waals surface area contributed by atoms with Crippen molar-refractivity contribution in [2.45, 2.75) is 19.9 Å². The minimum atomic E-state index is -0.0411. The maximum Gasteiger partial charge on any atom is 0.124 e. The zero-order valence-electron chi connectivity index (χ0n) is 12.0. The fourth-order valence-electron chi connectivity index (χ4n) is 1.97. The molecule has 3 heteroatoms. The first-order valence-corrected chi connectivity index (χ1v) is 6.83. The molecule has 3 nitrogen and oxygen atoms in total. The van der Waals surface area contributed by atoms with Crippen molar-refractivity contribution in [1.82, 2.24) is 0 Å². The van der Waals surface area contributed by atoms with E-state index in [9.17, 15) is 0 Å². The lowest BCUT2D eigenvalue weighted by Gasteiger charge is -2.15. The fraction of sp³-hybridized carbons (Fsp3) is 0.294. The molecule has 0 saturated carbocycles. The predicted octanol–water partition coefficient (Wildman–Crippen LogP) is 3.47. The second-order valence-electron chi connectivity index (χ2n) is 4.84. The first kappa shape index (κ1) is 14.4. The Bertz CT molecular complexity index is 538. The monoisotopic (exact) mass is 271 g/mol. The number of hydrogen-bond donors (Lipinski definition) is 1. The Morgan fingerprint density at radius 3 is 2.40 bits per heavy atom. The van der Waals surface area contributed by atoms with Gasteiger partial charge in [0.05, 0.1) is 0 Å². The van der Waals surface area contributed by atoms with Gasteiger partial charge in [0.1, 0.15) is 24.7 Å². The average Bonchev–Trinajstić information content (AvgIpc) is 2.44.